The molecule has 1 aromatic carbocycles. The maximum Gasteiger partial charge on any atom is 0.231 e. The summed E-state index contributed by atoms with van der Waals surface area (Å²) < 4.78 is 12.2. The van der Waals surface area contributed by atoms with Gasteiger partial charge in [-0.3, -0.25) is 0 Å². The van der Waals surface area contributed by atoms with E-state index in [-0.39, 0.29) is 0 Å². The van der Waals surface area contributed by atoms with Gasteiger partial charge in [-0.25, -0.2) is 4.98 Å². The number of nitrogens with one attached hydrogen (secondary N) is 1. The minimum Gasteiger partial charge on any atom is -0.454 e. The van der Waals surface area contributed by atoms with Crippen LogP contribution in [-0.4, -0.2) is 11.8 Å². The topological polar surface area (TPSA) is 43.4 Å². The Morgan fingerprint density at radius 3 is 2.96 bits per heavy atom. The van der Waals surface area contributed by atoms with Crippen LogP contribution in [0.3, 0.4) is 0 Å². The molecule has 0 amide bonds. The van der Waals surface area contributed by atoms with Crippen molar-refractivity contribution in [3.8, 4) is 22.6 Å². The normalized spacial score (nSPS) is 12.6. The van der Waals surface area contributed by atoms with Gasteiger partial charge in [-0.2, -0.15) is 0 Å². The van der Waals surface area contributed by atoms with E-state index in [0.29, 0.717) is 6.79 Å². The van der Waals surface area contributed by atoms with Crippen LogP contribution in [0, 0.1) is 0 Å². The van der Waals surface area contributed by atoms with Crippen LogP contribution in [0.2, 0.25) is 0 Å². The fourth-order valence-electron chi connectivity index (χ4n) is 2.98. The van der Waals surface area contributed by atoms with Gasteiger partial charge in [0, 0.05) is 26.7 Å². The highest BCUT2D eigenvalue weighted by Gasteiger charge is 2.17. The van der Waals surface area contributed by atoms with Crippen molar-refractivity contribution in [3.63, 3.8) is 0 Å². The van der Waals surface area contributed by atoms with Gasteiger partial charge in [0.1, 0.15) is 5.82 Å². The van der Waals surface area contributed by atoms with Crippen LogP contribution >= 0.6 is 22.7 Å². The summed E-state index contributed by atoms with van der Waals surface area (Å²) in [7, 11) is 0. The molecule has 5 rings (SSSR count). The molecule has 4 heterocycles. The summed E-state index contributed by atoms with van der Waals surface area (Å²) in [5.41, 5.74) is 2.28. The molecule has 0 radical (unpaired) electrons. The fourth-order valence-corrected chi connectivity index (χ4v) is 4.59. The number of ether oxygens (including phenoxy) is 2. The lowest BCUT2D eigenvalue weighted by Gasteiger charge is -2.08. The summed E-state index contributed by atoms with van der Waals surface area (Å²) in [6.45, 7) is 1.07. The number of rotatable bonds is 4. The highest BCUT2D eigenvalue weighted by Crippen LogP contribution is 2.41. The molecule has 0 saturated heterocycles. The monoisotopic (exact) mass is 366 g/mol. The second-order valence-electron chi connectivity index (χ2n) is 5.68. The molecule has 4 aromatic rings. The van der Waals surface area contributed by atoms with Gasteiger partial charge in [0.05, 0.1) is 6.54 Å². The average molecular weight is 366 g/mol. The highest BCUT2D eigenvalue weighted by atomic mass is 32.1. The molecule has 6 heteroatoms. The first-order valence-electron chi connectivity index (χ1n) is 7.91. The molecule has 0 aliphatic carbocycles. The predicted molar refractivity (Wildman–Crippen MR) is 103 cm³/mol. The van der Waals surface area contributed by atoms with E-state index in [2.05, 4.69) is 45.3 Å². The number of thiophene rings is 2. The Hall–Kier alpha value is -2.57. The van der Waals surface area contributed by atoms with Crippen LogP contribution in [0.25, 0.3) is 21.2 Å². The standard InChI is InChI=1S/C19H14N2O2S2/c1-2-13(24-7-1)9-21-19-18-14(10-25-17(18)5-6-20-19)12-3-4-15-16(8-12)23-11-22-15/h1-8,10H,9,11H2,(H,20,21). The summed E-state index contributed by atoms with van der Waals surface area (Å²) in [4.78, 5) is 5.87. The molecule has 1 N–H and O–H groups in total. The molecule has 0 bridgehead atoms. The smallest absolute Gasteiger partial charge is 0.231 e. The predicted octanol–water partition coefficient (Wildman–Crippen LogP) is 5.37. The molecule has 0 atom stereocenters. The molecule has 0 saturated carbocycles. The number of pyridine rings is 1. The molecule has 4 nitrogen and oxygen atoms in total. The van der Waals surface area contributed by atoms with E-state index in [1.165, 1.54) is 15.1 Å². The number of anilines is 1. The Morgan fingerprint density at radius 2 is 2.04 bits per heavy atom. The third-order valence-corrected chi connectivity index (χ3v) is 6.00. The van der Waals surface area contributed by atoms with Crippen LogP contribution in [0.1, 0.15) is 4.88 Å². The lowest BCUT2D eigenvalue weighted by molar-refractivity contribution is 0.174. The number of fused-ring (bicyclic) bond motifs is 2. The van der Waals surface area contributed by atoms with Gasteiger partial charge in [0.25, 0.3) is 0 Å². The zero-order valence-electron chi connectivity index (χ0n) is 13.2. The van der Waals surface area contributed by atoms with Crippen LogP contribution in [0.4, 0.5) is 5.82 Å². The van der Waals surface area contributed by atoms with E-state index < -0.39 is 0 Å². The molecular weight excluding hydrogens is 352 g/mol. The number of benzene rings is 1. The van der Waals surface area contributed by atoms with Crippen molar-refractivity contribution in [3.05, 3.63) is 58.2 Å². The summed E-state index contributed by atoms with van der Waals surface area (Å²) in [5.74, 6) is 2.52. The van der Waals surface area contributed by atoms with Crippen molar-refractivity contribution in [2.75, 3.05) is 12.1 Å². The van der Waals surface area contributed by atoms with Gasteiger partial charge in [-0.05, 0) is 40.6 Å². The van der Waals surface area contributed by atoms with Crippen molar-refractivity contribution >= 4 is 38.6 Å². The van der Waals surface area contributed by atoms with Crippen molar-refractivity contribution in [2.45, 2.75) is 6.54 Å². The van der Waals surface area contributed by atoms with E-state index in [1.54, 1.807) is 22.7 Å². The van der Waals surface area contributed by atoms with Crippen LogP contribution in [0.15, 0.2) is 53.4 Å². The first-order valence-corrected chi connectivity index (χ1v) is 9.67. The van der Waals surface area contributed by atoms with E-state index in [4.69, 9.17) is 9.47 Å². The molecule has 0 fully saturated rings. The highest BCUT2D eigenvalue weighted by molar-refractivity contribution is 7.17. The molecule has 25 heavy (non-hydrogen) atoms. The Labute approximate surface area is 152 Å². The molecular formula is C19H14N2O2S2. The van der Waals surface area contributed by atoms with Gasteiger partial charge in [0.15, 0.2) is 11.5 Å². The van der Waals surface area contributed by atoms with Crippen molar-refractivity contribution in [2.24, 2.45) is 0 Å². The largest absolute Gasteiger partial charge is 0.454 e. The van der Waals surface area contributed by atoms with Crippen LogP contribution < -0.4 is 14.8 Å². The van der Waals surface area contributed by atoms with Gasteiger partial charge in [-0.1, -0.05) is 12.1 Å². The Morgan fingerprint density at radius 1 is 1.08 bits per heavy atom. The average Bonchev–Trinajstić information content (AvgIpc) is 3.38. The molecule has 0 spiro atoms. The first kappa shape index (κ1) is 14.7. The lowest BCUT2D eigenvalue weighted by Crippen LogP contribution is -2.00. The second-order valence-corrected chi connectivity index (χ2v) is 7.63. The van der Waals surface area contributed by atoms with Gasteiger partial charge in [0.2, 0.25) is 6.79 Å². The number of aromatic nitrogens is 1. The van der Waals surface area contributed by atoms with E-state index in [9.17, 15) is 0 Å². The fraction of sp³-hybridized carbons (Fsp3) is 0.105. The lowest BCUT2D eigenvalue weighted by atomic mass is 10.0. The zero-order chi connectivity index (χ0) is 16.6. The molecule has 124 valence electrons. The van der Waals surface area contributed by atoms with E-state index in [1.807, 2.05) is 18.3 Å². The quantitative estimate of drug-likeness (QED) is 0.528. The van der Waals surface area contributed by atoms with Crippen molar-refractivity contribution in [1.29, 1.82) is 0 Å². The van der Waals surface area contributed by atoms with E-state index in [0.717, 1.165) is 34.8 Å². The van der Waals surface area contributed by atoms with Crippen LogP contribution in [0.5, 0.6) is 11.5 Å². The summed E-state index contributed by atoms with van der Waals surface area (Å²) in [6.07, 6.45) is 1.86. The third-order valence-electron chi connectivity index (χ3n) is 4.18. The summed E-state index contributed by atoms with van der Waals surface area (Å²) in [5, 5.41) is 8.92. The number of nitrogens with zero attached hydrogens (tertiary/aromatic N) is 1. The molecule has 1 aliphatic heterocycles. The Bertz CT molecular complexity index is 1040. The summed E-state index contributed by atoms with van der Waals surface area (Å²) >= 11 is 3.48. The Kier molecular flexibility index (Phi) is 3.57. The third kappa shape index (κ3) is 2.63. The van der Waals surface area contributed by atoms with Crippen molar-refractivity contribution < 1.29 is 9.47 Å². The van der Waals surface area contributed by atoms with Gasteiger partial charge < -0.3 is 14.8 Å². The first-order chi connectivity index (χ1) is 12.4. The van der Waals surface area contributed by atoms with Crippen molar-refractivity contribution in [1.82, 2.24) is 4.98 Å². The maximum absolute atomic E-state index is 5.53. The molecule has 1 aliphatic rings. The SMILES string of the molecule is c1csc(CNc2nccc3scc(-c4ccc5c(c4)OCO5)c23)c1. The number of hydrogen-bond donors (Lipinski definition) is 1. The maximum atomic E-state index is 5.53. The summed E-state index contributed by atoms with van der Waals surface area (Å²) in [6, 6.07) is 12.3. The minimum atomic E-state index is 0.290. The number of hydrogen-bond acceptors (Lipinski definition) is 6. The Balaban J connectivity index is 1.57. The van der Waals surface area contributed by atoms with E-state index >= 15 is 0 Å². The van der Waals surface area contributed by atoms with Gasteiger partial charge in [-0.15, -0.1) is 22.7 Å². The second kappa shape index (κ2) is 6.06. The molecule has 3 aromatic heterocycles. The van der Waals surface area contributed by atoms with Gasteiger partial charge >= 0.3 is 0 Å². The minimum absolute atomic E-state index is 0.290. The zero-order valence-corrected chi connectivity index (χ0v) is 14.8. The molecule has 0 unspecified atom stereocenters. The van der Waals surface area contributed by atoms with Crippen LogP contribution in [-0.2, 0) is 6.54 Å².